The largest absolute Gasteiger partial charge is 0.355 e. The average molecular weight is 372 g/mol. The van der Waals surface area contributed by atoms with Gasteiger partial charge >= 0.3 is 0 Å². The molecule has 0 aromatic heterocycles. The van der Waals surface area contributed by atoms with E-state index in [-0.39, 0.29) is 29.6 Å². The molecule has 3 fully saturated rings. The third kappa shape index (κ3) is 4.68. The first kappa shape index (κ1) is 20.5. The van der Waals surface area contributed by atoms with Crippen LogP contribution in [0.5, 0.6) is 0 Å². The SMILES string of the molecule is CC(C)(C)C(=O)NCC1CCCN(C(=O)C2CC23CCNCC3)C1.Cl. The second-order valence-corrected chi connectivity index (χ2v) is 9.12. The number of carbonyl (C=O) groups is 2. The number of hydrogen-bond donors (Lipinski definition) is 2. The van der Waals surface area contributed by atoms with Gasteiger partial charge in [0.25, 0.3) is 0 Å². The van der Waals surface area contributed by atoms with Crippen LogP contribution in [-0.2, 0) is 9.59 Å². The number of piperidine rings is 2. The fourth-order valence-corrected chi connectivity index (χ4v) is 4.33. The van der Waals surface area contributed by atoms with Crippen LogP contribution in [0.4, 0.5) is 0 Å². The number of nitrogens with zero attached hydrogens (tertiary/aromatic N) is 1. The Morgan fingerprint density at radius 1 is 1.24 bits per heavy atom. The van der Waals surface area contributed by atoms with Crippen LogP contribution in [0.1, 0.15) is 52.9 Å². The van der Waals surface area contributed by atoms with Crippen molar-refractivity contribution < 1.29 is 9.59 Å². The first-order valence-corrected chi connectivity index (χ1v) is 9.60. The van der Waals surface area contributed by atoms with Crippen molar-refractivity contribution in [1.29, 1.82) is 0 Å². The summed E-state index contributed by atoms with van der Waals surface area (Å²) >= 11 is 0. The molecule has 3 aliphatic rings. The fraction of sp³-hybridized carbons (Fsp3) is 0.895. The second kappa shape index (κ2) is 7.83. The van der Waals surface area contributed by atoms with E-state index in [1.54, 1.807) is 0 Å². The summed E-state index contributed by atoms with van der Waals surface area (Å²) in [4.78, 5) is 27.0. The minimum atomic E-state index is -0.348. The van der Waals surface area contributed by atoms with Gasteiger partial charge in [0.1, 0.15) is 0 Å². The van der Waals surface area contributed by atoms with Gasteiger partial charge in [-0.05, 0) is 56.5 Å². The summed E-state index contributed by atoms with van der Waals surface area (Å²) in [6.45, 7) is 10.3. The molecule has 5 nitrogen and oxygen atoms in total. The summed E-state index contributed by atoms with van der Waals surface area (Å²) in [5.74, 6) is 1.14. The van der Waals surface area contributed by atoms with Gasteiger partial charge in [-0.1, -0.05) is 20.8 Å². The van der Waals surface area contributed by atoms with Crippen LogP contribution in [0, 0.1) is 22.7 Å². The Morgan fingerprint density at radius 2 is 1.92 bits per heavy atom. The van der Waals surface area contributed by atoms with Crippen molar-refractivity contribution in [3.8, 4) is 0 Å². The average Bonchev–Trinajstić information content (AvgIpc) is 3.24. The molecule has 2 amide bonds. The molecule has 1 spiro atoms. The maximum absolute atomic E-state index is 12.9. The van der Waals surface area contributed by atoms with Crippen molar-refractivity contribution in [2.45, 2.75) is 52.9 Å². The summed E-state index contributed by atoms with van der Waals surface area (Å²) in [7, 11) is 0. The molecule has 6 heteroatoms. The van der Waals surface area contributed by atoms with E-state index >= 15 is 0 Å². The number of likely N-dealkylation sites (tertiary alicyclic amines) is 1. The van der Waals surface area contributed by atoms with Gasteiger partial charge in [0.05, 0.1) is 0 Å². The molecule has 2 heterocycles. The number of carbonyl (C=O) groups excluding carboxylic acids is 2. The highest BCUT2D eigenvalue weighted by molar-refractivity contribution is 5.85. The number of hydrogen-bond acceptors (Lipinski definition) is 3. The fourth-order valence-electron chi connectivity index (χ4n) is 4.33. The van der Waals surface area contributed by atoms with E-state index in [2.05, 4.69) is 15.5 Å². The van der Waals surface area contributed by atoms with Crippen LogP contribution >= 0.6 is 12.4 Å². The highest BCUT2D eigenvalue weighted by atomic mass is 35.5. The van der Waals surface area contributed by atoms with Crippen LogP contribution < -0.4 is 10.6 Å². The molecule has 0 aromatic carbocycles. The maximum atomic E-state index is 12.9. The summed E-state index contributed by atoms with van der Waals surface area (Å²) in [6, 6.07) is 0. The third-order valence-electron chi connectivity index (χ3n) is 6.15. The number of amides is 2. The monoisotopic (exact) mass is 371 g/mol. The van der Waals surface area contributed by atoms with Gasteiger partial charge in [0.2, 0.25) is 11.8 Å². The Bertz CT molecular complexity index is 497. The zero-order valence-electron chi connectivity index (χ0n) is 15.9. The van der Waals surface area contributed by atoms with Crippen molar-refractivity contribution in [3.05, 3.63) is 0 Å². The molecule has 144 valence electrons. The zero-order valence-corrected chi connectivity index (χ0v) is 16.7. The summed E-state index contributed by atoms with van der Waals surface area (Å²) < 4.78 is 0. The van der Waals surface area contributed by atoms with E-state index in [4.69, 9.17) is 0 Å². The lowest BCUT2D eigenvalue weighted by Gasteiger charge is -2.34. The van der Waals surface area contributed by atoms with Crippen LogP contribution in [0.15, 0.2) is 0 Å². The first-order chi connectivity index (χ1) is 11.3. The molecule has 1 aliphatic carbocycles. The summed E-state index contributed by atoms with van der Waals surface area (Å²) in [6.07, 6.45) is 5.57. The molecule has 25 heavy (non-hydrogen) atoms. The Hall–Kier alpha value is -0.810. The third-order valence-corrected chi connectivity index (χ3v) is 6.15. The second-order valence-electron chi connectivity index (χ2n) is 9.12. The Balaban J connectivity index is 0.00000225. The summed E-state index contributed by atoms with van der Waals surface area (Å²) in [5, 5.41) is 6.47. The number of nitrogens with one attached hydrogen (secondary N) is 2. The van der Waals surface area contributed by atoms with E-state index in [0.717, 1.165) is 58.3 Å². The first-order valence-electron chi connectivity index (χ1n) is 9.60. The topological polar surface area (TPSA) is 61.4 Å². The number of rotatable bonds is 3. The minimum Gasteiger partial charge on any atom is -0.355 e. The molecule has 2 aliphatic heterocycles. The van der Waals surface area contributed by atoms with Gasteiger partial charge in [-0.15, -0.1) is 12.4 Å². The van der Waals surface area contributed by atoms with E-state index < -0.39 is 0 Å². The Kier molecular flexibility index (Phi) is 6.42. The highest BCUT2D eigenvalue weighted by Crippen LogP contribution is 2.59. The van der Waals surface area contributed by atoms with Crippen LogP contribution in [-0.4, -0.2) is 49.4 Å². The Labute approximate surface area is 158 Å². The molecule has 2 unspecified atom stereocenters. The lowest BCUT2D eigenvalue weighted by Crippen LogP contribution is -2.46. The van der Waals surface area contributed by atoms with Crippen LogP contribution in [0.2, 0.25) is 0 Å². The predicted octanol–water partition coefficient (Wildman–Crippen LogP) is 2.20. The van der Waals surface area contributed by atoms with Gasteiger partial charge in [-0.25, -0.2) is 0 Å². The van der Waals surface area contributed by atoms with Crippen molar-refractivity contribution in [2.24, 2.45) is 22.7 Å². The van der Waals surface area contributed by atoms with Crippen molar-refractivity contribution in [1.82, 2.24) is 15.5 Å². The molecule has 3 rings (SSSR count). The molecular weight excluding hydrogens is 338 g/mol. The molecule has 2 N–H and O–H groups in total. The molecule has 1 saturated carbocycles. The van der Waals surface area contributed by atoms with Crippen molar-refractivity contribution in [2.75, 3.05) is 32.7 Å². The van der Waals surface area contributed by atoms with Crippen molar-refractivity contribution in [3.63, 3.8) is 0 Å². The number of halogens is 1. The van der Waals surface area contributed by atoms with Gasteiger partial charge in [-0.2, -0.15) is 0 Å². The van der Waals surface area contributed by atoms with Gasteiger partial charge < -0.3 is 15.5 Å². The summed E-state index contributed by atoms with van der Waals surface area (Å²) in [5.41, 5.74) is -0.0324. The standard InChI is InChI=1S/C19H33N3O2.ClH/c1-18(2,3)17(24)21-12-14-5-4-10-22(13-14)16(23)15-11-19(15)6-8-20-9-7-19;/h14-15,20H,4-13H2,1-3H3,(H,21,24);1H. The minimum absolute atomic E-state index is 0. The van der Waals surface area contributed by atoms with Gasteiger partial charge in [0, 0.05) is 31.0 Å². The molecule has 2 saturated heterocycles. The Morgan fingerprint density at radius 3 is 2.56 bits per heavy atom. The van der Waals surface area contributed by atoms with Crippen LogP contribution in [0.25, 0.3) is 0 Å². The van der Waals surface area contributed by atoms with E-state index in [9.17, 15) is 9.59 Å². The van der Waals surface area contributed by atoms with Crippen molar-refractivity contribution >= 4 is 24.2 Å². The quantitative estimate of drug-likeness (QED) is 0.799. The lowest BCUT2D eigenvalue weighted by atomic mass is 9.90. The molecule has 0 aromatic rings. The zero-order chi connectivity index (χ0) is 17.4. The normalized spacial score (nSPS) is 28.2. The van der Waals surface area contributed by atoms with Gasteiger partial charge in [-0.3, -0.25) is 9.59 Å². The van der Waals surface area contributed by atoms with Gasteiger partial charge in [0.15, 0.2) is 0 Å². The molecule has 0 bridgehead atoms. The molecule has 0 radical (unpaired) electrons. The molecule has 2 atom stereocenters. The van der Waals surface area contributed by atoms with E-state index in [1.807, 2.05) is 20.8 Å². The van der Waals surface area contributed by atoms with E-state index in [0.29, 0.717) is 23.8 Å². The maximum Gasteiger partial charge on any atom is 0.226 e. The smallest absolute Gasteiger partial charge is 0.226 e. The predicted molar refractivity (Wildman–Crippen MR) is 102 cm³/mol. The molecular formula is C19H34ClN3O2. The highest BCUT2D eigenvalue weighted by Gasteiger charge is 2.58. The van der Waals surface area contributed by atoms with E-state index in [1.165, 1.54) is 0 Å². The lowest BCUT2D eigenvalue weighted by molar-refractivity contribution is -0.135. The van der Waals surface area contributed by atoms with Crippen LogP contribution in [0.3, 0.4) is 0 Å².